The minimum Gasteiger partial charge on any atom is -0.448 e. The van der Waals surface area contributed by atoms with Gasteiger partial charge >= 0.3 is 6.09 Å². The Hall–Kier alpha value is -3.49. The van der Waals surface area contributed by atoms with Gasteiger partial charge in [-0.25, -0.2) is 9.78 Å². The highest BCUT2D eigenvalue weighted by Gasteiger charge is 2.34. The van der Waals surface area contributed by atoms with Gasteiger partial charge in [0, 0.05) is 25.3 Å². The molecule has 0 saturated carbocycles. The number of ketones is 2. The number of alkyl carbamates (subject to hydrolysis) is 1. The number of rotatable bonds is 7. The first-order valence-electron chi connectivity index (χ1n) is 11.1. The molecule has 1 aliphatic heterocycles. The van der Waals surface area contributed by atoms with Gasteiger partial charge in [0.05, 0.1) is 11.7 Å². The first kappa shape index (κ1) is 24.2. The Morgan fingerprint density at radius 3 is 2.73 bits per heavy atom. The molecule has 3 rings (SSSR count). The van der Waals surface area contributed by atoms with Crippen molar-refractivity contribution in [3.63, 3.8) is 0 Å². The topological polar surface area (TPSA) is 128 Å². The van der Waals surface area contributed by atoms with Crippen LogP contribution >= 0.6 is 0 Å². The Labute approximate surface area is 192 Å². The number of nitrogens with one attached hydrogen (secondary N) is 2. The number of benzene rings is 1. The van der Waals surface area contributed by atoms with E-state index in [2.05, 4.69) is 15.6 Å². The fourth-order valence-corrected chi connectivity index (χ4v) is 3.76. The lowest BCUT2D eigenvalue weighted by Gasteiger charge is -2.23. The number of hydrogen-bond acceptors (Lipinski definition) is 7. The smallest absolute Gasteiger partial charge is 0.408 e. The van der Waals surface area contributed by atoms with E-state index in [1.807, 2.05) is 30.3 Å². The standard InChI is InChI=1S/C24H29N3O6/c1-15(2)21(27-24(31)32-13-16-7-4-3-5-8-16)19(28)11-17-12-20-18(26-14-33-20)9-6-10-25-23(30)22(17)29/h3-5,7-8,14-15,17,21H,6,9-13H2,1-2H3,(H,25,30)(H,27,31). The fraction of sp³-hybridized carbons (Fsp3) is 0.458. The molecule has 2 N–H and O–H groups in total. The number of carbonyl (C=O) groups is 4. The molecule has 0 fully saturated rings. The summed E-state index contributed by atoms with van der Waals surface area (Å²) in [5.74, 6) is -2.40. The van der Waals surface area contributed by atoms with Crippen LogP contribution in [0.1, 0.15) is 43.7 Å². The predicted molar refractivity (Wildman–Crippen MR) is 118 cm³/mol. The maximum Gasteiger partial charge on any atom is 0.408 e. The number of Topliss-reactive ketones (excluding diaryl/α,β-unsaturated/α-hetero) is 2. The highest BCUT2D eigenvalue weighted by molar-refractivity contribution is 6.37. The van der Waals surface area contributed by atoms with E-state index >= 15 is 0 Å². The lowest BCUT2D eigenvalue weighted by atomic mass is 9.87. The summed E-state index contributed by atoms with van der Waals surface area (Å²) in [6.45, 7) is 3.98. The summed E-state index contributed by atoms with van der Waals surface area (Å²) in [6, 6.07) is 8.32. The number of carbonyl (C=O) groups excluding carboxylic acids is 4. The molecule has 33 heavy (non-hydrogen) atoms. The zero-order chi connectivity index (χ0) is 23.8. The van der Waals surface area contributed by atoms with E-state index in [0.717, 1.165) is 11.3 Å². The SMILES string of the molecule is CC(C)C(NC(=O)OCc1ccccc1)C(=O)CC1Cc2ocnc2CCCNC(=O)C1=O. The van der Waals surface area contributed by atoms with Gasteiger partial charge < -0.3 is 19.8 Å². The maximum absolute atomic E-state index is 13.1. The second-order valence-electron chi connectivity index (χ2n) is 8.45. The number of aryl methyl sites for hydroxylation is 1. The summed E-state index contributed by atoms with van der Waals surface area (Å²) >= 11 is 0. The fourth-order valence-electron chi connectivity index (χ4n) is 3.76. The van der Waals surface area contributed by atoms with Crippen molar-refractivity contribution in [1.29, 1.82) is 0 Å². The number of hydrogen-bond donors (Lipinski definition) is 2. The molecule has 0 saturated heterocycles. The van der Waals surface area contributed by atoms with E-state index in [4.69, 9.17) is 9.15 Å². The third kappa shape index (κ3) is 6.74. The normalized spacial score (nSPS) is 17.6. The molecule has 0 spiro atoms. The monoisotopic (exact) mass is 455 g/mol. The Morgan fingerprint density at radius 1 is 1.24 bits per heavy atom. The summed E-state index contributed by atoms with van der Waals surface area (Å²) in [7, 11) is 0. The van der Waals surface area contributed by atoms with Crippen molar-refractivity contribution in [1.82, 2.24) is 15.6 Å². The van der Waals surface area contributed by atoms with Gasteiger partial charge in [0.25, 0.3) is 5.91 Å². The molecule has 1 aromatic carbocycles. The number of fused-ring (bicyclic) bond motifs is 1. The number of aromatic nitrogens is 1. The van der Waals surface area contributed by atoms with Crippen LogP contribution in [0, 0.1) is 11.8 Å². The van der Waals surface area contributed by atoms with E-state index in [9.17, 15) is 19.2 Å². The second-order valence-corrected chi connectivity index (χ2v) is 8.45. The molecule has 9 heteroatoms. The van der Waals surface area contributed by atoms with Crippen LogP contribution in [-0.4, -0.2) is 41.1 Å². The summed E-state index contributed by atoms with van der Waals surface area (Å²) in [5, 5.41) is 5.21. The van der Waals surface area contributed by atoms with Crippen LogP contribution in [0.25, 0.3) is 0 Å². The zero-order valence-corrected chi connectivity index (χ0v) is 18.8. The average Bonchev–Trinajstić information content (AvgIpc) is 3.24. The van der Waals surface area contributed by atoms with Crippen molar-refractivity contribution in [2.45, 2.75) is 52.2 Å². The number of nitrogens with zero attached hydrogens (tertiary/aromatic N) is 1. The minimum absolute atomic E-state index is 0.0707. The van der Waals surface area contributed by atoms with Crippen LogP contribution < -0.4 is 10.6 Å². The average molecular weight is 456 g/mol. The van der Waals surface area contributed by atoms with Crippen molar-refractivity contribution < 1.29 is 28.3 Å². The lowest BCUT2D eigenvalue weighted by Crippen LogP contribution is -2.46. The summed E-state index contributed by atoms with van der Waals surface area (Å²) < 4.78 is 10.7. The van der Waals surface area contributed by atoms with Gasteiger partial charge in [0.15, 0.2) is 12.2 Å². The summed E-state index contributed by atoms with van der Waals surface area (Å²) in [4.78, 5) is 54.7. The number of ether oxygens (including phenoxy) is 1. The van der Waals surface area contributed by atoms with Crippen LogP contribution in [0.15, 0.2) is 41.1 Å². The third-order valence-electron chi connectivity index (χ3n) is 5.57. The van der Waals surface area contributed by atoms with E-state index in [1.54, 1.807) is 13.8 Å². The first-order valence-corrected chi connectivity index (χ1v) is 11.1. The molecule has 176 valence electrons. The first-order chi connectivity index (χ1) is 15.8. The molecule has 1 aromatic heterocycles. The third-order valence-corrected chi connectivity index (χ3v) is 5.57. The van der Waals surface area contributed by atoms with E-state index in [0.29, 0.717) is 25.1 Å². The van der Waals surface area contributed by atoms with Crippen molar-refractivity contribution in [2.75, 3.05) is 6.54 Å². The summed E-state index contributed by atoms with van der Waals surface area (Å²) in [5.41, 5.74) is 1.54. The molecule has 2 aromatic rings. The highest BCUT2D eigenvalue weighted by Crippen LogP contribution is 2.21. The molecular formula is C24H29N3O6. The van der Waals surface area contributed by atoms with E-state index < -0.39 is 29.7 Å². The Bertz CT molecular complexity index is 985. The minimum atomic E-state index is -0.911. The van der Waals surface area contributed by atoms with Gasteiger partial charge in [0.2, 0.25) is 5.78 Å². The molecule has 0 aliphatic carbocycles. The lowest BCUT2D eigenvalue weighted by molar-refractivity contribution is -0.141. The number of oxazole rings is 1. The van der Waals surface area contributed by atoms with Gasteiger partial charge in [-0.3, -0.25) is 14.4 Å². The molecule has 2 amide bonds. The molecule has 1 aliphatic rings. The van der Waals surface area contributed by atoms with Gasteiger partial charge in [-0.15, -0.1) is 0 Å². The van der Waals surface area contributed by atoms with Crippen LogP contribution in [0.2, 0.25) is 0 Å². The molecular weight excluding hydrogens is 426 g/mol. The largest absolute Gasteiger partial charge is 0.448 e. The van der Waals surface area contributed by atoms with Crippen molar-refractivity contribution >= 4 is 23.6 Å². The molecule has 2 heterocycles. The Balaban J connectivity index is 1.67. The number of amides is 2. The van der Waals surface area contributed by atoms with E-state index in [1.165, 1.54) is 6.39 Å². The summed E-state index contributed by atoms with van der Waals surface area (Å²) in [6.07, 6.45) is 1.70. The molecule has 2 atom stereocenters. The van der Waals surface area contributed by atoms with Crippen LogP contribution in [0.3, 0.4) is 0 Å². The zero-order valence-electron chi connectivity index (χ0n) is 18.8. The molecule has 0 bridgehead atoms. The van der Waals surface area contributed by atoms with Crippen LogP contribution in [0.5, 0.6) is 0 Å². The van der Waals surface area contributed by atoms with Gasteiger partial charge in [-0.05, 0) is 24.3 Å². The highest BCUT2D eigenvalue weighted by atomic mass is 16.5. The maximum atomic E-state index is 13.1. The molecule has 2 unspecified atom stereocenters. The quantitative estimate of drug-likeness (QED) is 0.614. The molecule has 9 nitrogen and oxygen atoms in total. The Kier molecular flexibility index (Phi) is 8.34. The van der Waals surface area contributed by atoms with Gasteiger partial charge in [-0.1, -0.05) is 44.2 Å². The van der Waals surface area contributed by atoms with Crippen molar-refractivity contribution in [3.8, 4) is 0 Å². The Morgan fingerprint density at radius 2 is 2.00 bits per heavy atom. The van der Waals surface area contributed by atoms with E-state index in [-0.39, 0.29) is 31.1 Å². The molecule has 0 radical (unpaired) electrons. The second kappa shape index (κ2) is 11.4. The van der Waals surface area contributed by atoms with Crippen molar-refractivity contribution in [2.24, 2.45) is 11.8 Å². The van der Waals surface area contributed by atoms with Crippen LogP contribution in [-0.2, 0) is 38.6 Å². The van der Waals surface area contributed by atoms with Gasteiger partial charge in [0.1, 0.15) is 12.4 Å². The van der Waals surface area contributed by atoms with Crippen molar-refractivity contribution in [3.05, 3.63) is 53.7 Å². The van der Waals surface area contributed by atoms with Crippen LogP contribution in [0.4, 0.5) is 4.79 Å². The predicted octanol–water partition coefficient (Wildman–Crippen LogP) is 2.38. The van der Waals surface area contributed by atoms with Gasteiger partial charge in [-0.2, -0.15) is 0 Å².